The van der Waals surface area contributed by atoms with Gasteiger partial charge in [0.2, 0.25) is 0 Å². The number of unbranched alkanes of at least 4 members (excludes halogenated alkanes) is 5. The van der Waals surface area contributed by atoms with Crippen LogP contribution in [0.25, 0.3) is 0 Å². The molecule has 0 aliphatic rings. The van der Waals surface area contributed by atoms with E-state index in [9.17, 15) is 9.59 Å². The van der Waals surface area contributed by atoms with Crippen LogP contribution < -0.4 is 0 Å². The minimum atomic E-state index is -0.666. The fourth-order valence-electron chi connectivity index (χ4n) is 2.02. The van der Waals surface area contributed by atoms with Crippen LogP contribution in [0.5, 0.6) is 0 Å². The van der Waals surface area contributed by atoms with Crippen LogP contribution in [0.2, 0.25) is 0 Å². The lowest BCUT2D eigenvalue weighted by molar-refractivity contribution is -0.137. The molecule has 132 valence electrons. The number of aryl methyl sites for hydroxylation is 1. The minimum Gasteiger partial charge on any atom is -0.481 e. The first kappa shape index (κ1) is 23.6. The van der Waals surface area contributed by atoms with E-state index in [0.717, 1.165) is 24.0 Å². The van der Waals surface area contributed by atoms with Gasteiger partial charge in [-0.05, 0) is 25.8 Å². The van der Waals surface area contributed by atoms with Crippen molar-refractivity contribution in [2.24, 2.45) is 0 Å². The van der Waals surface area contributed by atoms with Gasteiger partial charge in [0.15, 0.2) is 5.78 Å². The Balaban J connectivity index is 0. The molecular weight excluding hydrogens is 288 g/mol. The van der Waals surface area contributed by atoms with Gasteiger partial charge in [-0.2, -0.15) is 0 Å². The third kappa shape index (κ3) is 15.0. The summed E-state index contributed by atoms with van der Waals surface area (Å²) in [4.78, 5) is 21.0. The maximum absolute atomic E-state index is 10.9. The van der Waals surface area contributed by atoms with Gasteiger partial charge >= 0.3 is 5.97 Å². The molecule has 0 aliphatic heterocycles. The molecule has 0 bridgehead atoms. The lowest BCUT2D eigenvalue weighted by Crippen LogP contribution is -1.93. The molecule has 0 saturated carbocycles. The van der Waals surface area contributed by atoms with Crippen molar-refractivity contribution in [3.63, 3.8) is 0 Å². The van der Waals surface area contributed by atoms with E-state index >= 15 is 0 Å². The van der Waals surface area contributed by atoms with Crippen molar-refractivity contribution in [3.05, 3.63) is 35.4 Å². The summed E-state index contributed by atoms with van der Waals surface area (Å²) in [5.41, 5.74) is 1.87. The Labute approximate surface area is 142 Å². The standard InChI is InChI=1S/C9H18O2.C9H10O.C2H6/c1-2-3-4-5-6-7-8-9(10)11;1-7-5-3-4-6-9(7)8(2)10;1-2/h2-8H2,1H3,(H,10,11);3-6H,1-2H3;1-2H3. The number of Topliss-reactive ketones (excluding diaryl/α,β-unsaturated/α-hetero) is 1. The molecule has 0 amide bonds. The second-order valence-corrected chi connectivity index (χ2v) is 5.28. The number of hydrogen-bond acceptors (Lipinski definition) is 2. The second kappa shape index (κ2) is 16.7. The van der Waals surface area contributed by atoms with Gasteiger partial charge in [0.1, 0.15) is 0 Å². The fourth-order valence-corrected chi connectivity index (χ4v) is 2.02. The quantitative estimate of drug-likeness (QED) is 0.468. The third-order valence-corrected chi connectivity index (χ3v) is 3.27. The lowest BCUT2D eigenvalue weighted by atomic mass is 10.1. The van der Waals surface area contributed by atoms with E-state index in [1.54, 1.807) is 6.92 Å². The highest BCUT2D eigenvalue weighted by Gasteiger charge is 1.99. The van der Waals surface area contributed by atoms with Crippen molar-refractivity contribution < 1.29 is 14.7 Å². The molecule has 0 unspecified atom stereocenters. The molecule has 1 aromatic carbocycles. The van der Waals surface area contributed by atoms with Crippen molar-refractivity contribution in [2.45, 2.75) is 79.6 Å². The molecule has 0 aromatic heterocycles. The predicted molar refractivity (Wildman–Crippen MR) is 98.2 cm³/mol. The molecule has 1 N–H and O–H groups in total. The summed E-state index contributed by atoms with van der Waals surface area (Å²) in [7, 11) is 0. The molecule has 0 fully saturated rings. The van der Waals surface area contributed by atoms with Gasteiger partial charge in [-0.1, -0.05) is 77.1 Å². The summed E-state index contributed by atoms with van der Waals surface area (Å²) in [6.45, 7) is 9.70. The maximum atomic E-state index is 10.9. The molecule has 0 atom stereocenters. The Morgan fingerprint density at radius 3 is 1.91 bits per heavy atom. The van der Waals surface area contributed by atoms with Crippen molar-refractivity contribution in [2.75, 3.05) is 0 Å². The van der Waals surface area contributed by atoms with E-state index in [-0.39, 0.29) is 5.78 Å². The van der Waals surface area contributed by atoms with Gasteiger partial charge in [-0.15, -0.1) is 0 Å². The monoisotopic (exact) mass is 322 g/mol. The summed E-state index contributed by atoms with van der Waals surface area (Å²) in [5, 5.41) is 8.32. The number of aliphatic carboxylic acids is 1. The van der Waals surface area contributed by atoms with Crippen molar-refractivity contribution in [1.82, 2.24) is 0 Å². The first-order chi connectivity index (χ1) is 11.0. The van der Waals surface area contributed by atoms with Crippen molar-refractivity contribution >= 4 is 11.8 Å². The molecule has 0 radical (unpaired) electrons. The number of carboxylic acids is 1. The van der Waals surface area contributed by atoms with Gasteiger partial charge in [-0.25, -0.2) is 0 Å². The Morgan fingerprint density at radius 1 is 0.957 bits per heavy atom. The number of ketones is 1. The van der Waals surface area contributed by atoms with Crippen LogP contribution in [0, 0.1) is 6.92 Å². The van der Waals surface area contributed by atoms with E-state index < -0.39 is 5.97 Å². The molecule has 0 heterocycles. The Morgan fingerprint density at radius 2 is 1.48 bits per heavy atom. The number of carbonyl (C=O) groups is 2. The minimum absolute atomic E-state index is 0.137. The van der Waals surface area contributed by atoms with Crippen molar-refractivity contribution in [1.29, 1.82) is 0 Å². The molecule has 0 spiro atoms. The number of carbonyl (C=O) groups excluding carboxylic acids is 1. The van der Waals surface area contributed by atoms with E-state index in [1.165, 1.54) is 25.7 Å². The average Bonchev–Trinajstić information content (AvgIpc) is 2.53. The van der Waals surface area contributed by atoms with Gasteiger partial charge in [0.25, 0.3) is 0 Å². The number of carboxylic acid groups (broad SMARTS) is 1. The Bertz CT molecular complexity index is 425. The first-order valence-corrected chi connectivity index (χ1v) is 8.77. The fraction of sp³-hybridized carbons (Fsp3) is 0.600. The van der Waals surface area contributed by atoms with Crippen molar-refractivity contribution in [3.8, 4) is 0 Å². The SMILES string of the molecule is CC.CC(=O)c1ccccc1C.CCCCCCCCC(=O)O. The summed E-state index contributed by atoms with van der Waals surface area (Å²) >= 11 is 0. The molecule has 23 heavy (non-hydrogen) atoms. The molecular formula is C20H34O3. The Hall–Kier alpha value is -1.64. The van der Waals surface area contributed by atoms with Crippen LogP contribution in [0.15, 0.2) is 24.3 Å². The van der Waals surface area contributed by atoms with Gasteiger partial charge < -0.3 is 5.11 Å². The van der Waals surface area contributed by atoms with Gasteiger partial charge in [0.05, 0.1) is 0 Å². The van der Waals surface area contributed by atoms with Crippen LogP contribution >= 0.6 is 0 Å². The van der Waals surface area contributed by atoms with E-state index in [4.69, 9.17) is 5.11 Å². The average molecular weight is 322 g/mol. The highest BCUT2D eigenvalue weighted by atomic mass is 16.4. The van der Waals surface area contributed by atoms with E-state index in [2.05, 4.69) is 6.92 Å². The summed E-state index contributed by atoms with van der Waals surface area (Å²) in [5.74, 6) is -0.529. The van der Waals surface area contributed by atoms with Crippen LogP contribution in [-0.4, -0.2) is 16.9 Å². The normalized spacial score (nSPS) is 9.09. The largest absolute Gasteiger partial charge is 0.481 e. The summed E-state index contributed by atoms with van der Waals surface area (Å²) < 4.78 is 0. The molecule has 0 saturated heterocycles. The number of rotatable bonds is 8. The zero-order valence-corrected chi connectivity index (χ0v) is 15.5. The highest BCUT2D eigenvalue weighted by Crippen LogP contribution is 2.07. The van der Waals surface area contributed by atoms with Crippen LogP contribution in [0.4, 0.5) is 0 Å². The van der Waals surface area contributed by atoms with Gasteiger partial charge in [0, 0.05) is 12.0 Å². The number of hydrogen-bond donors (Lipinski definition) is 1. The number of benzene rings is 1. The highest BCUT2D eigenvalue weighted by molar-refractivity contribution is 5.95. The first-order valence-electron chi connectivity index (χ1n) is 8.77. The lowest BCUT2D eigenvalue weighted by Gasteiger charge is -1.97. The maximum Gasteiger partial charge on any atom is 0.303 e. The molecule has 3 nitrogen and oxygen atoms in total. The second-order valence-electron chi connectivity index (χ2n) is 5.28. The molecule has 0 aliphatic carbocycles. The van der Waals surface area contributed by atoms with Gasteiger partial charge in [-0.3, -0.25) is 9.59 Å². The van der Waals surface area contributed by atoms with E-state index in [0.29, 0.717) is 6.42 Å². The van der Waals surface area contributed by atoms with Crippen LogP contribution in [0.1, 0.15) is 88.6 Å². The smallest absolute Gasteiger partial charge is 0.303 e. The molecule has 1 aromatic rings. The van der Waals surface area contributed by atoms with E-state index in [1.807, 2.05) is 45.0 Å². The molecule has 1 rings (SSSR count). The van der Waals surface area contributed by atoms with Crippen LogP contribution in [-0.2, 0) is 4.79 Å². The summed E-state index contributed by atoms with van der Waals surface area (Å²) in [6, 6.07) is 7.60. The summed E-state index contributed by atoms with van der Waals surface area (Å²) in [6.07, 6.45) is 7.25. The zero-order chi connectivity index (χ0) is 18.1. The van der Waals surface area contributed by atoms with Crippen LogP contribution in [0.3, 0.4) is 0 Å². The Kier molecular flexibility index (Phi) is 17.2. The zero-order valence-electron chi connectivity index (χ0n) is 15.5. The molecule has 3 heteroatoms. The predicted octanol–water partition coefficient (Wildman–Crippen LogP) is 6.05. The topological polar surface area (TPSA) is 54.4 Å². The third-order valence-electron chi connectivity index (χ3n) is 3.27.